The van der Waals surface area contributed by atoms with Crippen LogP contribution in [0.1, 0.15) is 44.1 Å². The number of non-ortho nitro benzene ring substituents is 1. The summed E-state index contributed by atoms with van der Waals surface area (Å²) in [6.07, 6.45) is 6.90. The second kappa shape index (κ2) is 5.32. The molecule has 23 heavy (non-hydrogen) atoms. The van der Waals surface area contributed by atoms with E-state index in [0.29, 0.717) is 17.8 Å². The van der Waals surface area contributed by atoms with Crippen LogP contribution >= 0.6 is 0 Å². The van der Waals surface area contributed by atoms with Gasteiger partial charge in [0.25, 0.3) is 5.69 Å². The Bertz CT molecular complexity index is 602. The van der Waals surface area contributed by atoms with Gasteiger partial charge in [-0.05, 0) is 74.0 Å². The standard InChI is InChI=1S/C18H21NO4/c20-17(23-11-12-1-3-16(4-2-12)19(21)22)18-8-13-5-14(9-18)7-15(6-13)10-18/h1-4,13-15H,5-11H2. The number of carbonyl (C=O) groups is 1. The zero-order chi connectivity index (χ0) is 16.0. The molecule has 4 aliphatic rings. The average molecular weight is 315 g/mol. The van der Waals surface area contributed by atoms with Gasteiger partial charge in [0.05, 0.1) is 10.3 Å². The highest BCUT2D eigenvalue weighted by molar-refractivity contribution is 5.77. The van der Waals surface area contributed by atoms with E-state index in [4.69, 9.17) is 4.74 Å². The number of hydrogen-bond donors (Lipinski definition) is 0. The van der Waals surface area contributed by atoms with Crippen LogP contribution in [-0.4, -0.2) is 10.9 Å². The monoisotopic (exact) mass is 315 g/mol. The van der Waals surface area contributed by atoms with Crippen molar-refractivity contribution in [1.82, 2.24) is 0 Å². The van der Waals surface area contributed by atoms with Gasteiger partial charge < -0.3 is 4.74 Å². The SMILES string of the molecule is O=C(OCc1ccc([N+](=O)[O-])cc1)C12CC3CC(CC(C3)C1)C2. The Morgan fingerprint density at radius 2 is 1.61 bits per heavy atom. The van der Waals surface area contributed by atoms with Crippen molar-refractivity contribution < 1.29 is 14.5 Å². The van der Waals surface area contributed by atoms with E-state index in [1.807, 2.05) is 0 Å². The molecule has 0 aliphatic heterocycles. The number of esters is 1. The first-order valence-corrected chi connectivity index (χ1v) is 8.45. The summed E-state index contributed by atoms with van der Waals surface area (Å²) < 4.78 is 5.60. The van der Waals surface area contributed by atoms with E-state index in [2.05, 4.69) is 0 Å². The molecule has 0 radical (unpaired) electrons. The lowest BCUT2D eigenvalue weighted by Gasteiger charge is -2.55. The van der Waals surface area contributed by atoms with E-state index in [9.17, 15) is 14.9 Å². The lowest BCUT2D eigenvalue weighted by Crippen LogP contribution is -2.50. The molecular formula is C18H21NO4. The number of rotatable bonds is 4. The van der Waals surface area contributed by atoms with Crippen molar-refractivity contribution in [1.29, 1.82) is 0 Å². The summed E-state index contributed by atoms with van der Waals surface area (Å²) in [5.41, 5.74) is 0.616. The van der Waals surface area contributed by atoms with Crippen molar-refractivity contribution in [2.24, 2.45) is 23.2 Å². The number of nitro benzene ring substituents is 1. The summed E-state index contributed by atoms with van der Waals surface area (Å²) in [5, 5.41) is 10.7. The Kier molecular flexibility index (Phi) is 3.39. The predicted octanol–water partition coefficient (Wildman–Crippen LogP) is 3.85. The summed E-state index contributed by atoms with van der Waals surface area (Å²) >= 11 is 0. The maximum absolute atomic E-state index is 12.7. The maximum Gasteiger partial charge on any atom is 0.312 e. The fourth-order valence-corrected chi connectivity index (χ4v) is 5.38. The summed E-state index contributed by atoms with van der Waals surface area (Å²) in [6, 6.07) is 6.22. The first kappa shape index (κ1) is 14.7. The van der Waals surface area contributed by atoms with Crippen molar-refractivity contribution in [3.63, 3.8) is 0 Å². The summed E-state index contributed by atoms with van der Waals surface area (Å²) in [6.45, 7) is 0.207. The van der Waals surface area contributed by atoms with Crippen LogP contribution in [0.4, 0.5) is 5.69 Å². The number of carbonyl (C=O) groups excluding carboxylic acids is 1. The molecule has 5 heteroatoms. The van der Waals surface area contributed by atoms with Crippen molar-refractivity contribution >= 4 is 11.7 Å². The van der Waals surface area contributed by atoms with Gasteiger partial charge in [-0.25, -0.2) is 0 Å². The number of hydrogen-bond acceptors (Lipinski definition) is 4. The number of ether oxygens (including phenoxy) is 1. The third-order valence-electron chi connectivity index (χ3n) is 5.99. The molecule has 1 aromatic carbocycles. The maximum atomic E-state index is 12.7. The molecule has 4 aliphatic carbocycles. The number of nitrogens with zero attached hydrogens (tertiary/aromatic N) is 1. The van der Waals surface area contributed by atoms with E-state index in [-0.39, 0.29) is 23.7 Å². The highest BCUT2D eigenvalue weighted by Crippen LogP contribution is 2.60. The van der Waals surface area contributed by atoms with Gasteiger partial charge in [0.15, 0.2) is 0 Å². The number of benzene rings is 1. The van der Waals surface area contributed by atoms with Crippen LogP contribution < -0.4 is 0 Å². The molecule has 4 saturated carbocycles. The average Bonchev–Trinajstić information content (AvgIpc) is 2.51. The molecule has 0 N–H and O–H groups in total. The van der Waals surface area contributed by atoms with Crippen LogP contribution in [0.25, 0.3) is 0 Å². The van der Waals surface area contributed by atoms with Crippen LogP contribution in [0.2, 0.25) is 0 Å². The molecular weight excluding hydrogens is 294 g/mol. The van der Waals surface area contributed by atoms with Crippen LogP contribution in [0.3, 0.4) is 0 Å². The minimum atomic E-state index is -0.425. The van der Waals surface area contributed by atoms with E-state index in [1.54, 1.807) is 12.1 Å². The topological polar surface area (TPSA) is 69.4 Å². The van der Waals surface area contributed by atoms with E-state index < -0.39 is 4.92 Å². The molecule has 0 unspecified atom stereocenters. The molecule has 1 aromatic rings. The summed E-state index contributed by atoms with van der Waals surface area (Å²) in [4.78, 5) is 22.9. The lowest BCUT2D eigenvalue weighted by molar-refractivity contribution is -0.384. The normalized spacial score (nSPS) is 34.3. The zero-order valence-corrected chi connectivity index (χ0v) is 13.1. The predicted molar refractivity (Wildman–Crippen MR) is 83.5 cm³/mol. The van der Waals surface area contributed by atoms with Gasteiger partial charge in [-0.1, -0.05) is 0 Å². The van der Waals surface area contributed by atoms with E-state index >= 15 is 0 Å². The van der Waals surface area contributed by atoms with Gasteiger partial charge in [0.2, 0.25) is 0 Å². The van der Waals surface area contributed by atoms with Gasteiger partial charge in [-0.3, -0.25) is 14.9 Å². The first-order valence-electron chi connectivity index (χ1n) is 8.45. The quantitative estimate of drug-likeness (QED) is 0.480. The molecule has 5 nitrogen and oxygen atoms in total. The van der Waals surface area contributed by atoms with Crippen molar-refractivity contribution in [3.05, 3.63) is 39.9 Å². The zero-order valence-electron chi connectivity index (χ0n) is 13.1. The smallest absolute Gasteiger partial charge is 0.312 e. The van der Waals surface area contributed by atoms with Gasteiger partial charge in [0.1, 0.15) is 6.61 Å². The van der Waals surface area contributed by atoms with Gasteiger partial charge in [-0.15, -0.1) is 0 Å². The van der Waals surface area contributed by atoms with Crippen LogP contribution in [0, 0.1) is 33.3 Å². The molecule has 4 bridgehead atoms. The van der Waals surface area contributed by atoms with Crippen LogP contribution in [0.15, 0.2) is 24.3 Å². The minimum Gasteiger partial charge on any atom is -0.460 e. The molecule has 0 spiro atoms. The fourth-order valence-electron chi connectivity index (χ4n) is 5.38. The fraction of sp³-hybridized carbons (Fsp3) is 0.611. The second-order valence-electron chi connectivity index (χ2n) is 7.70. The van der Waals surface area contributed by atoms with E-state index in [1.165, 1.54) is 31.4 Å². The van der Waals surface area contributed by atoms with Crippen LogP contribution in [-0.2, 0) is 16.1 Å². The van der Waals surface area contributed by atoms with Crippen molar-refractivity contribution in [2.45, 2.75) is 45.1 Å². The molecule has 122 valence electrons. The van der Waals surface area contributed by atoms with Crippen molar-refractivity contribution in [3.8, 4) is 0 Å². The highest BCUT2D eigenvalue weighted by atomic mass is 16.6. The largest absolute Gasteiger partial charge is 0.460 e. The highest BCUT2D eigenvalue weighted by Gasteiger charge is 2.55. The van der Waals surface area contributed by atoms with Crippen molar-refractivity contribution in [2.75, 3.05) is 0 Å². The Labute approximate surface area is 135 Å². The van der Waals surface area contributed by atoms with E-state index in [0.717, 1.165) is 24.8 Å². The van der Waals surface area contributed by atoms with Gasteiger partial charge >= 0.3 is 5.97 Å². The third kappa shape index (κ3) is 2.62. The Morgan fingerprint density at radius 3 is 2.09 bits per heavy atom. The second-order valence-corrected chi connectivity index (χ2v) is 7.70. The Hall–Kier alpha value is -1.91. The Morgan fingerprint density at radius 1 is 1.09 bits per heavy atom. The first-order chi connectivity index (χ1) is 11.0. The third-order valence-corrected chi connectivity index (χ3v) is 5.99. The number of nitro groups is 1. The van der Waals surface area contributed by atoms with Gasteiger partial charge in [0, 0.05) is 12.1 Å². The molecule has 0 atom stereocenters. The molecule has 4 fully saturated rings. The molecule has 5 rings (SSSR count). The minimum absolute atomic E-state index is 0.0463. The summed E-state index contributed by atoms with van der Waals surface area (Å²) in [7, 11) is 0. The Balaban J connectivity index is 1.41. The lowest BCUT2D eigenvalue weighted by atomic mass is 9.49. The van der Waals surface area contributed by atoms with Crippen LogP contribution in [0.5, 0.6) is 0 Å². The summed E-state index contributed by atoms with van der Waals surface area (Å²) in [5.74, 6) is 2.10. The molecule has 0 aromatic heterocycles. The molecule has 0 heterocycles. The molecule has 0 saturated heterocycles. The molecule has 0 amide bonds. The van der Waals surface area contributed by atoms with Gasteiger partial charge in [-0.2, -0.15) is 0 Å².